The number of pyridine rings is 1. The fraction of sp³-hybridized carbons (Fsp3) is 0.273. The highest BCUT2D eigenvalue weighted by Crippen LogP contribution is 2.18. The molecule has 0 aliphatic rings. The highest BCUT2D eigenvalue weighted by atomic mass is 16.5. The molecule has 5 heteroatoms. The van der Waals surface area contributed by atoms with E-state index in [0.717, 1.165) is 27.8 Å². The number of para-hydroxylation sites is 1. The van der Waals surface area contributed by atoms with E-state index in [1.807, 2.05) is 55.5 Å². The summed E-state index contributed by atoms with van der Waals surface area (Å²) >= 11 is 0. The van der Waals surface area contributed by atoms with Crippen LogP contribution in [0.15, 0.2) is 53.3 Å². The number of amides is 1. The maximum Gasteiger partial charge on any atom is 0.251 e. The van der Waals surface area contributed by atoms with E-state index in [1.165, 1.54) is 0 Å². The molecule has 27 heavy (non-hydrogen) atoms. The zero-order valence-electron chi connectivity index (χ0n) is 15.7. The van der Waals surface area contributed by atoms with E-state index < -0.39 is 0 Å². The van der Waals surface area contributed by atoms with E-state index in [4.69, 9.17) is 4.74 Å². The zero-order chi connectivity index (χ0) is 19.2. The highest BCUT2D eigenvalue weighted by molar-refractivity contribution is 5.79. The largest absolute Gasteiger partial charge is 0.496 e. The van der Waals surface area contributed by atoms with Gasteiger partial charge in [0.1, 0.15) is 5.75 Å². The Morgan fingerprint density at radius 1 is 1.07 bits per heavy atom. The Morgan fingerprint density at radius 2 is 1.89 bits per heavy atom. The molecule has 1 heterocycles. The zero-order valence-corrected chi connectivity index (χ0v) is 15.7. The van der Waals surface area contributed by atoms with Crippen LogP contribution in [0.3, 0.4) is 0 Å². The van der Waals surface area contributed by atoms with Crippen LogP contribution >= 0.6 is 0 Å². The van der Waals surface area contributed by atoms with Crippen molar-refractivity contribution in [3.05, 3.63) is 75.6 Å². The summed E-state index contributed by atoms with van der Waals surface area (Å²) in [5.41, 5.74) is 3.53. The molecule has 0 fully saturated rings. The van der Waals surface area contributed by atoms with Crippen molar-refractivity contribution in [1.29, 1.82) is 0 Å². The monoisotopic (exact) mass is 364 g/mol. The van der Waals surface area contributed by atoms with E-state index in [2.05, 4.69) is 10.3 Å². The maximum absolute atomic E-state index is 12.2. The summed E-state index contributed by atoms with van der Waals surface area (Å²) in [6.07, 6.45) is 1.50. The lowest BCUT2D eigenvalue weighted by atomic mass is 10.1. The molecule has 0 saturated heterocycles. The topological polar surface area (TPSA) is 71.2 Å². The number of H-pyrrole nitrogens is 1. The molecule has 0 unspecified atom stereocenters. The Morgan fingerprint density at radius 3 is 2.70 bits per heavy atom. The van der Waals surface area contributed by atoms with Crippen molar-refractivity contribution in [2.24, 2.45) is 0 Å². The van der Waals surface area contributed by atoms with Gasteiger partial charge in [0, 0.05) is 24.0 Å². The number of hydrogen-bond acceptors (Lipinski definition) is 3. The van der Waals surface area contributed by atoms with Gasteiger partial charge < -0.3 is 15.0 Å². The first-order valence-electron chi connectivity index (χ1n) is 9.08. The van der Waals surface area contributed by atoms with Crippen molar-refractivity contribution in [3.8, 4) is 5.75 Å². The van der Waals surface area contributed by atoms with Gasteiger partial charge in [0.05, 0.1) is 7.11 Å². The van der Waals surface area contributed by atoms with Gasteiger partial charge >= 0.3 is 0 Å². The Balaban J connectivity index is 1.54. The molecule has 0 radical (unpaired) electrons. The number of fused-ring (bicyclic) bond motifs is 1. The van der Waals surface area contributed by atoms with Crippen molar-refractivity contribution >= 4 is 16.8 Å². The third kappa shape index (κ3) is 4.76. The van der Waals surface area contributed by atoms with Gasteiger partial charge in [-0.3, -0.25) is 9.59 Å². The molecule has 0 aliphatic carbocycles. The van der Waals surface area contributed by atoms with Gasteiger partial charge in [-0.1, -0.05) is 30.3 Å². The summed E-state index contributed by atoms with van der Waals surface area (Å²) in [6, 6.07) is 15.6. The number of aromatic amines is 1. The van der Waals surface area contributed by atoms with Crippen LogP contribution in [0.1, 0.15) is 23.1 Å². The molecule has 0 bridgehead atoms. The van der Waals surface area contributed by atoms with Crippen molar-refractivity contribution in [3.63, 3.8) is 0 Å². The van der Waals surface area contributed by atoms with Gasteiger partial charge in [0.2, 0.25) is 5.91 Å². The lowest BCUT2D eigenvalue weighted by molar-refractivity contribution is -0.121. The van der Waals surface area contributed by atoms with E-state index in [0.29, 0.717) is 31.4 Å². The SMILES string of the molecule is COc1ccccc1CCC(=O)NCCc1cc2ccc(C)cc2[nH]c1=O. The number of aromatic nitrogens is 1. The Labute approximate surface area is 158 Å². The number of hydrogen-bond donors (Lipinski definition) is 2. The molecular formula is C22H24N2O3. The van der Waals surface area contributed by atoms with Crippen LogP contribution in [0.4, 0.5) is 0 Å². The maximum atomic E-state index is 12.2. The summed E-state index contributed by atoms with van der Waals surface area (Å²) < 4.78 is 5.30. The summed E-state index contributed by atoms with van der Waals surface area (Å²) in [6.45, 7) is 2.43. The minimum atomic E-state index is -0.101. The lowest BCUT2D eigenvalue weighted by Gasteiger charge is -2.09. The molecular weight excluding hydrogens is 340 g/mol. The first-order valence-corrected chi connectivity index (χ1v) is 9.08. The second-order valence-electron chi connectivity index (χ2n) is 6.63. The molecule has 2 N–H and O–H groups in total. The van der Waals surface area contributed by atoms with Crippen LogP contribution in [0.5, 0.6) is 5.75 Å². The number of aryl methyl sites for hydroxylation is 2. The minimum absolute atomic E-state index is 0.0336. The second kappa shape index (κ2) is 8.54. The van der Waals surface area contributed by atoms with E-state index in [1.54, 1.807) is 7.11 Å². The van der Waals surface area contributed by atoms with Crippen LogP contribution in [0.2, 0.25) is 0 Å². The predicted molar refractivity (Wildman–Crippen MR) is 107 cm³/mol. The number of benzene rings is 2. The molecule has 1 amide bonds. The quantitative estimate of drug-likeness (QED) is 0.677. The van der Waals surface area contributed by atoms with E-state index >= 15 is 0 Å². The molecule has 0 saturated carbocycles. The summed E-state index contributed by atoms with van der Waals surface area (Å²) in [4.78, 5) is 27.2. The van der Waals surface area contributed by atoms with Crippen molar-refractivity contribution < 1.29 is 9.53 Å². The number of carbonyl (C=O) groups excluding carboxylic acids is 1. The highest BCUT2D eigenvalue weighted by Gasteiger charge is 2.07. The van der Waals surface area contributed by atoms with Gasteiger partial charge in [-0.15, -0.1) is 0 Å². The fourth-order valence-corrected chi connectivity index (χ4v) is 3.13. The molecule has 5 nitrogen and oxygen atoms in total. The van der Waals surface area contributed by atoms with Crippen molar-refractivity contribution in [2.75, 3.05) is 13.7 Å². The van der Waals surface area contributed by atoms with Crippen LogP contribution in [0.25, 0.3) is 10.9 Å². The molecule has 3 aromatic rings. The minimum Gasteiger partial charge on any atom is -0.496 e. The molecule has 140 valence electrons. The number of nitrogens with one attached hydrogen (secondary N) is 2. The van der Waals surface area contributed by atoms with Gasteiger partial charge in [-0.2, -0.15) is 0 Å². The average Bonchev–Trinajstić information content (AvgIpc) is 2.67. The molecule has 0 atom stereocenters. The molecule has 0 spiro atoms. The summed E-state index contributed by atoms with van der Waals surface area (Å²) in [7, 11) is 1.63. The summed E-state index contributed by atoms with van der Waals surface area (Å²) in [5.74, 6) is 0.761. The van der Waals surface area contributed by atoms with Crippen LogP contribution < -0.4 is 15.6 Å². The smallest absolute Gasteiger partial charge is 0.251 e. The van der Waals surface area contributed by atoms with Crippen LogP contribution in [-0.2, 0) is 17.6 Å². The third-order valence-corrected chi connectivity index (χ3v) is 4.61. The number of ether oxygens (including phenoxy) is 1. The van der Waals surface area contributed by atoms with Crippen molar-refractivity contribution in [1.82, 2.24) is 10.3 Å². The first kappa shape index (κ1) is 18.7. The van der Waals surface area contributed by atoms with Gasteiger partial charge in [0.25, 0.3) is 5.56 Å². The Kier molecular flexibility index (Phi) is 5.91. The molecule has 3 rings (SSSR count). The number of methoxy groups -OCH3 is 1. The van der Waals surface area contributed by atoms with Gasteiger partial charge in [0.15, 0.2) is 0 Å². The normalized spacial score (nSPS) is 10.7. The van der Waals surface area contributed by atoms with Crippen LogP contribution in [-0.4, -0.2) is 24.5 Å². The fourth-order valence-electron chi connectivity index (χ4n) is 3.13. The van der Waals surface area contributed by atoms with E-state index in [-0.39, 0.29) is 11.5 Å². The Bertz CT molecular complexity index is 1010. The van der Waals surface area contributed by atoms with Crippen LogP contribution in [0, 0.1) is 6.92 Å². The second-order valence-corrected chi connectivity index (χ2v) is 6.63. The Hall–Kier alpha value is -3.08. The molecule has 0 aliphatic heterocycles. The van der Waals surface area contributed by atoms with Gasteiger partial charge in [-0.05, 0) is 54.5 Å². The molecule has 1 aromatic heterocycles. The predicted octanol–water partition coefficient (Wildman–Crippen LogP) is 3.14. The summed E-state index contributed by atoms with van der Waals surface area (Å²) in [5, 5.41) is 3.89. The number of rotatable bonds is 7. The average molecular weight is 364 g/mol. The number of carbonyl (C=O) groups is 1. The standard InChI is InChI=1S/C22H24N2O3/c1-15-7-8-17-14-18(22(26)24-19(17)13-15)11-12-23-21(25)10-9-16-5-3-4-6-20(16)27-2/h3-8,13-14H,9-12H2,1-2H3,(H,23,25)(H,24,26). The van der Waals surface area contributed by atoms with Crippen molar-refractivity contribution in [2.45, 2.75) is 26.2 Å². The van der Waals surface area contributed by atoms with Gasteiger partial charge in [-0.25, -0.2) is 0 Å². The lowest BCUT2D eigenvalue weighted by Crippen LogP contribution is -2.27. The third-order valence-electron chi connectivity index (χ3n) is 4.61. The first-order chi connectivity index (χ1) is 13.1. The molecule has 2 aromatic carbocycles. The van der Waals surface area contributed by atoms with E-state index in [9.17, 15) is 9.59 Å².